The summed E-state index contributed by atoms with van der Waals surface area (Å²) in [5.74, 6) is 0.461. The van der Waals surface area contributed by atoms with Crippen LogP contribution < -0.4 is 4.74 Å². The maximum atomic E-state index is 13.2. The van der Waals surface area contributed by atoms with Crippen molar-refractivity contribution in [1.82, 2.24) is 0 Å². The van der Waals surface area contributed by atoms with Gasteiger partial charge in [0.05, 0.1) is 0 Å². The molecule has 23 heavy (non-hydrogen) atoms. The zero-order chi connectivity index (χ0) is 16.2. The molecule has 1 N–H and O–H groups in total. The van der Waals surface area contributed by atoms with Crippen molar-refractivity contribution in [2.24, 2.45) is 0 Å². The number of carbonyl (C=O) groups is 1. The summed E-state index contributed by atoms with van der Waals surface area (Å²) >= 11 is 0. The molecule has 2 aromatic carbocycles. The van der Waals surface area contributed by atoms with Crippen molar-refractivity contribution in [3.63, 3.8) is 0 Å². The quantitative estimate of drug-likeness (QED) is 0.592. The molecular weight excluding hydrogens is 295 g/mol. The summed E-state index contributed by atoms with van der Waals surface area (Å²) in [6, 6.07) is 11.7. The van der Waals surface area contributed by atoms with Crippen molar-refractivity contribution in [2.45, 2.75) is 38.0 Å². The van der Waals surface area contributed by atoms with Gasteiger partial charge in [0.15, 0.2) is 0 Å². The van der Waals surface area contributed by atoms with E-state index in [-0.39, 0.29) is 11.6 Å². The Bertz CT molecular complexity index is 688. The molecule has 0 heterocycles. The van der Waals surface area contributed by atoms with Crippen molar-refractivity contribution in [3.05, 3.63) is 53.8 Å². The summed E-state index contributed by atoms with van der Waals surface area (Å²) in [7, 11) is 0. The van der Waals surface area contributed by atoms with Gasteiger partial charge in [0.1, 0.15) is 11.6 Å². The van der Waals surface area contributed by atoms with Gasteiger partial charge in [-0.3, -0.25) is 0 Å². The van der Waals surface area contributed by atoms with E-state index in [1.165, 1.54) is 37.0 Å². The Balaban J connectivity index is 2.00. The number of carboxylic acid groups (broad SMARTS) is 1. The predicted octanol–water partition coefficient (Wildman–Crippen LogP) is 5.60. The van der Waals surface area contributed by atoms with E-state index in [4.69, 9.17) is 9.84 Å². The van der Waals surface area contributed by atoms with E-state index < -0.39 is 6.16 Å². The lowest BCUT2D eigenvalue weighted by Crippen LogP contribution is -2.07. The van der Waals surface area contributed by atoms with Gasteiger partial charge in [0.25, 0.3) is 0 Å². The minimum atomic E-state index is -1.35. The van der Waals surface area contributed by atoms with E-state index in [1.807, 2.05) is 12.1 Å². The molecule has 0 atom stereocenters. The summed E-state index contributed by atoms with van der Waals surface area (Å²) in [5, 5.41) is 8.92. The molecule has 0 spiro atoms. The van der Waals surface area contributed by atoms with Crippen molar-refractivity contribution < 1.29 is 19.0 Å². The van der Waals surface area contributed by atoms with E-state index in [1.54, 1.807) is 18.2 Å². The Morgan fingerprint density at radius 1 is 1.04 bits per heavy atom. The minimum absolute atomic E-state index is 0.281. The van der Waals surface area contributed by atoms with Crippen LogP contribution in [0.2, 0.25) is 0 Å². The summed E-state index contributed by atoms with van der Waals surface area (Å²) in [6.45, 7) is 0. The lowest BCUT2D eigenvalue weighted by atomic mass is 9.83. The number of ether oxygens (including phenoxy) is 1. The maximum absolute atomic E-state index is 13.2. The third-order valence-corrected chi connectivity index (χ3v) is 4.43. The standard InChI is InChI=1S/C19H19FO3/c20-16-9-6-14(7-10-16)17-12-15(13-4-2-1-3-5-13)8-11-18(17)23-19(21)22/h6-13H,1-5H2,(H,21,22). The predicted molar refractivity (Wildman–Crippen MR) is 86.3 cm³/mol. The van der Waals surface area contributed by atoms with Crippen molar-refractivity contribution in [2.75, 3.05) is 0 Å². The second-order valence-corrected chi connectivity index (χ2v) is 5.97. The van der Waals surface area contributed by atoms with Gasteiger partial charge in [-0.25, -0.2) is 9.18 Å². The molecule has 1 aliphatic rings. The highest BCUT2D eigenvalue weighted by Gasteiger charge is 2.18. The Hall–Kier alpha value is -2.36. The molecule has 0 unspecified atom stereocenters. The van der Waals surface area contributed by atoms with Crippen molar-refractivity contribution >= 4 is 6.16 Å². The highest BCUT2D eigenvalue weighted by Crippen LogP contribution is 2.38. The highest BCUT2D eigenvalue weighted by atomic mass is 19.1. The zero-order valence-electron chi connectivity index (χ0n) is 12.8. The number of benzene rings is 2. The van der Waals surface area contributed by atoms with Gasteiger partial charge in [-0.15, -0.1) is 0 Å². The summed E-state index contributed by atoms with van der Waals surface area (Å²) in [5.41, 5.74) is 2.64. The van der Waals surface area contributed by atoms with Crippen LogP contribution in [0, 0.1) is 5.82 Å². The zero-order valence-corrected chi connectivity index (χ0v) is 12.8. The van der Waals surface area contributed by atoms with E-state index in [0.717, 1.165) is 18.4 Å². The fourth-order valence-corrected chi connectivity index (χ4v) is 3.28. The SMILES string of the molecule is O=C(O)Oc1ccc(C2CCCCC2)cc1-c1ccc(F)cc1. The second-order valence-electron chi connectivity index (χ2n) is 5.97. The summed E-state index contributed by atoms with van der Waals surface area (Å²) < 4.78 is 18.1. The fourth-order valence-electron chi connectivity index (χ4n) is 3.28. The van der Waals surface area contributed by atoms with Crippen LogP contribution in [-0.2, 0) is 0 Å². The van der Waals surface area contributed by atoms with Crippen LogP contribution >= 0.6 is 0 Å². The molecule has 2 aromatic rings. The Kier molecular flexibility index (Phi) is 4.60. The first-order valence-corrected chi connectivity index (χ1v) is 7.94. The van der Waals surface area contributed by atoms with Crippen LogP contribution in [0.25, 0.3) is 11.1 Å². The molecule has 1 aliphatic carbocycles. The first-order valence-electron chi connectivity index (χ1n) is 7.94. The van der Waals surface area contributed by atoms with Gasteiger partial charge in [0, 0.05) is 5.56 Å². The molecule has 0 aliphatic heterocycles. The minimum Gasteiger partial charge on any atom is -0.449 e. The molecule has 0 saturated heterocycles. The number of hydrogen-bond acceptors (Lipinski definition) is 2. The molecular formula is C19H19FO3. The highest BCUT2D eigenvalue weighted by molar-refractivity contribution is 5.75. The van der Waals surface area contributed by atoms with Gasteiger partial charge >= 0.3 is 6.16 Å². The summed E-state index contributed by atoms with van der Waals surface area (Å²) in [6.07, 6.45) is 4.69. The number of halogens is 1. The smallest absolute Gasteiger partial charge is 0.449 e. The van der Waals surface area contributed by atoms with Crippen LogP contribution in [0.3, 0.4) is 0 Å². The van der Waals surface area contributed by atoms with Crippen LogP contribution in [0.15, 0.2) is 42.5 Å². The van der Waals surface area contributed by atoms with Gasteiger partial charge in [0.2, 0.25) is 0 Å². The Morgan fingerprint density at radius 2 is 1.74 bits per heavy atom. The summed E-state index contributed by atoms with van der Waals surface area (Å²) in [4.78, 5) is 10.9. The third kappa shape index (κ3) is 3.70. The molecule has 0 radical (unpaired) electrons. The van der Waals surface area contributed by atoms with Crippen LogP contribution in [-0.4, -0.2) is 11.3 Å². The van der Waals surface area contributed by atoms with Crippen LogP contribution in [0.5, 0.6) is 5.75 Å². The first-order chi connectivity index (χ1) is 11.1. The molecule has 3 nitrogen and oxygen atoms in total. The van der Waals surface area contributed by atoms with E-state index in [0.29, 0.717) is 11.5 Å². The Labute approximate surface area is 134 Å². The average molecular weight is 314 g/mol. The van der Waals surface area contributed by atoms with Gasteiger partial charge in [-0.2, -0.15) is 0 Å². The Morgan fingerprint density at radius 3 is 2.39 bits per heavy atom. The van der Waals surface area contributed by atoms with E-state index >= 15 is 0 Å². The largest absolute Gasteiger partial charge is 0.511 e. The molecule has 120 valence electrons. The molecule has 0 aromatic heterocycles. The normalized spacial score (nSPS) is 15.3. The molecule has 0 bridgehead atoms. The number of rotatable bonds is 3. The maximum Gasteiger partial charge on any atom is 0.511 e. The van der Waals surface area contributed by atoms with E-state index in [2.05, 4.69) is 0 Å². The molecule has 4 heteroatoms. The third-order valence-electron chi connectivity index (χ3n) is 4.43. The van der Waals surface area contributed by atoms with Gasteiger partial charge in [-0.05, 0) is 54.2 Å². The lowest BCUT2D eigenvalue weighted by Gasteiger charge is -2.23. The van der Waals surface area contributed by atoms with E-state index in [9.17, 15) is 9.18 Å². The average Bonchev–Trinajstić information content (AvgIpc) is 2.56. The lowest BCUT2D eigenvalue weighted by molar-refractivity contribution is 0.144. The van der Waals surface area contributed by atoms with Crippen molar-refractivity contribution in [1.29, 1.82) is 0 Å². The van der Waals surface area contributed by atoms with Crippen molar-refractivity contribution in [3.8, 4) is 16.9 Å². The second kappa shape index (κ2) is 6.82. The molecule has 1 saturated carbocycles. The topological polar surface area (TPSA) is 46.5 Å². The van der Waals surface area contributed by atoms with Crippen LogP contribution in [0.4, 0.5) is 9.18 Å². The number of hydrogen-bond donors (Lipinski definition) is 1. The first kappa shape index (κ1) is 15.5. The fraction of sp³-hybridized carbons (Fsp3) is 0.316. The van der Waals surface area contributed by atoms with Gasteiger partial charge in [-0.1, -0.05) is 37.5 Å². The molecule has 0 amide bonds. The monoisotopic (exact) mass is 314 g/mol. The van der Waals surface area contributed by atoms with Crippen LogP contribution in [0.1, 0.15) is 43.6 Å². The molecule has 1 fully saturated rings. The van der Waals surface area contributed by atoms with Gasteiger partial charge < -0.3 is 9.84 Å². The molecule has 3 rings (SSSR count).